The molecular formula is C23H21IN2O2. The highest BCUT2D eigenvalue weighted by Gasteiger charge is 2.28. The largest absolute Gasteiger partial charge is 0.449 e. The van der Waals surface area contributed by atoms with E-state index in [1.165, 1.54) is 22.3 Å². The lowest BCUT2D eigenvalue weighted by molar-refractivity contribution is 0.142. The van der Waals surface area contributed by atoms with Gasteiger partial charge in [0.25, 0.3) is 0 Å². The number of nitrogens with two attached hydrogens (primary N) is 1. The number of carbonyl (C=O) groups excluding carboxylic acids is 1. The van der Waals surface area contributed by atoms with Crippen molar-refractivity contribution in [1.82, 2.24) is 5.32 Å². The second-order valence-corrected chi connectivity index (χ2v) is 8.20. The molecule has 0 radical (unpaired) electrons. The minimum absolute atomic E-state index is 0.0632. The van der Waals surface area contributed by atoms with Crippen LogP contribution in [0.5, 0.6) is 0 Å². The molecule has 0 saturated carbocycles. The predicted octanol–water partition coefficient (Wildman–Crippen LogP) is 5.22. The summed E-state index contributed by atoms with van der Waals surface area (Å²) < 4.78 is 6.62. The molecule has 3 aromatic carbocycles. The predicted molar refractivity (Wildman–Crippen MR) is 120 cm³/mol. The fourth-order valence-electron chi connectivity index (χ4n) is 3.76. The van der Waals surface area contributed by atoms with Crippen LogP contribution in [0.2, 0.25) is 0 Å². The first-order valence-corrected chi connectivity index (χ1v) is 10.3. The number of nitrogens with one attached hydrogen (secondary N) is 1. The molecule has 28 heavy (non-hydrogen) atoms. The number of carbonyl (C=O) groups is 1. The van der Waals surface area contributed by atoms with Crippen LogP contribution in [0.15, 0.2) is 60.7 Å². The number of rotatable bonds is 4. The lowest BCUT2D eigenvalue weighted by Crippen LogP contribution is -2.26. The Morgan fingerprint density at radius 1 is 1.07 bits per heavy atom. The third-order valence-corrected chi connectivity index (χ3v) is 5.91. The van der Waals surface area contributed by atoms with Gasteiger partial charge in [0.05, 0.1) is 0 Å². The molecule has 0 atom stereocenters. The van der Waals surface area contributed by atoms with Gasteiger partial charge in [-0.25, -0.2) is 4.79 Å². The average molecular weight is 484 g/mol. The van der Waals surface area contributed by atoms with Crippen molar-refractivity contribution in [1.29, 1.82) is 0 Å². The standard InChI is InChI=1S/C23H21IN2O2/c1-14-15(10-16(24)11-22(14)25)12-26-23(27)28-13-21-19-8-4-2-6-17(19)18-7-3-5-9-20(18)21/h2-11,21H,12-13,25H2,1H3,(H,26,27). The summed E-state index contributed by atoms with van der Waals surface area (Å²) in [6.07, 6.45) is -0.418. The van der Waals surface area contributed by atoms with Gasteiger partial charge in [0.15, 0.2) is 0 Å². The van der Waals surface area contributed by atoms with Crippen LogP contribution in [0.25, 0.3) is 11.1 Å². The highest BCUT2D eigenvalue weighted by Crippen LogP contribution is 2.44. The molecule has 142 valence electrons. The summed E-state index contributed by atoms with van der Waals surface area (Å²) in [5, 5.41) is 2.85. The van der Waals surface area contributed by atoms with E-state index in [1.807, 2.05) is 43.3 Å². The van der Waals surface area contributed by atoms with Gasteiger partial charge in [-0.3, -0.25) is 0 Å². The maximum Gasteiger partial charge on any atom is 0.407 e. The molecule has 0 fully saturated rings. The Hall–Kier alpha value is -2.54. The maximum absolute atomic E-state index is 12.3. The summed E-state index contributed by atoms with van der Waals surface area (Å²) in [6, 6.07) is 20.6. The summed E-state index contributed by atoms with van der Waals surface area (Å²) in [5.41, 5.74) is 13.6. The number of fused-ring (bicyclic) bond motifs is 3. The number of benzene rings is 3. The molecule has 1 aliphatic rings. The van der Waals surface area contributed by atoms with E-state index in [0.29, 0.717) is 13.2 Å². The molecule has 0 heterocycles. The first-order valence-electron chi connectivity index (χ1n) is 9.18. The first-order chi connectivity index (χ1) is 13.5. The minimum atomic E-state index is -0.418. The van der Waals surface area contributed by atoms with E-state index in [2.05, 4.69) is 52.2 Å². The van der Waals surface area contributed by atoms with Crippen LogP contribution < -0.4 is 11.1 Å². The number of amides is 1. The zero-order chi connectivity index (χ0) is 19.7. The van der Waals surface area contributed by atoms with Gasteiger partial charge in [-0.1, -0.05) is 48.5 Å². The molecule has 3 N–H and O–H groups in total. The molecular weight excluding hydrogens is 463 g/mol. The third-order valence-electron chi connectivity index (χ3n) is 5.29. The van der Waals surface area contributed by atoms with E-state index in [0.717, 1.165) is 20.4 Å². The van der Waals surface area contributed by atoms with Crippen molar-refractivity contribution < 1.29 is 9.53 Å². The number of ether oxygens (including phenoxy) is 1. The molecule has 1 aliphatic carbocycles. The highest BCUT2D eigenvalue weighted by atomic mass is 127. The molecule has 0 aromatic heterocycles. The first kappa shape index (κ1) is 18.8. The second-order valence-electron chi connectivity index (χ2n) is 6.96. The molecule has 5 heteroatoms. The smallest absolute Gasteiger partial charge is 0.407 e. The van der Waals surface area contributed by atoms with E-state index in [9.17, 15) is 4.79 Å². The van der Waals surface area contributed by atoms with Gasteiger partial charge in [0.1, 0.15) is 6.61 Å². The van der Waals surface area contributed by atoms with E-state index < -0.39 is 6.09 Å². The normalized spacial score (nSPS) is 12.4. The van der Waals surface area contributed by atoms with Gasteiger partial charge in [0.2, 0.25) is 0 Å². The van der Waals surface area contributed by atoms with Crippen molar-refractivity contribution >= 4 is 34.4 Å². The molecule has 0 bridgehead atoms. The average Bonchev–Trinajstić information content (AvgIpc) is 3.02. The van der Waals surface area contributed by atoms with Crippen LogP contribution in [-0.2, 0) is 11.3 Å². The van der Waals surface area contributed by atoms with Crippen LogP contribution in [0.1, 0.15) is 28.2 Å². The number of hydrogen-bond acceptors (Lipinski definition) is 3. The number of anilines is 1. The van der Waals surface area contributed by atoms with Crippen LogP contribution in [0.3, 0.4) is 0 Å². The van der Waals surface area contributed by atoms with Crippen LogP contribution in [0.4, 0.5) is 10.5 Å². The van der Waals surface area contributed by atoms with Gasteiger partial charge < -0.3 is 15.8 Å². The van der Waals surface area contributed by atoms with Crippen molar-refractivity contribution in [2.75, 3.05) is 12.3 Å². The number of hydrogen-bond donors (Lipinski definition) is 2. The molecule has 0 unspecified atom stereocenters. The van der Waals surface area contributed by atoms with Crippen LogP contribution >= 0.6 is 22.6 Å². The molecule has 0 spiro atoms. The Morgan fingerprint density at radius 2 is 1.68 bits per heavy atom. The summed E-state index contributed by atoms with van der Waals surface area (Å²) in [4.78, 5) is 12.3. The lowest BCUT2D eigenvalue weighted by Gasteiger charge is -2.15. The van der Waals surface area contributed by atoms with Crippen LogP contribution in [-0.4, -0.2) is 12.7 Å². The van der Waals surface area contributed by atoms with E-state index >= 15 is 0 Å². The Bertz CT molecular complexity index is 1000. The topological polar surface area (TPSA) is 64.3 Å². The van der Waals surface area contributed by atoms with E-state index in [1.54, 1.807) is 0 Å². The Labute approximate surface area is 178 Å². The molecule has 3 aromatic rings. The number of nitrogen functional groups attached to an aromatic ring is 1. The Morgan fingerprint density at radius 3 is 2.32 bits per heavy atom. The molecule has 4 rings (SSSR count). The fraction of sp³-hybridized carbons (Fsp3) is 0.174. The lowest BCUT2D eigenvalue weighted by atomic mass is 9.98. The summed E-state index contributed by atoms with van der Waals surface area (Å²) in [6.45, 7) is 2.66. The molecule has 4 nitrogen and oxygen atoms in total. The highest BCUT2D eigenvalue weighted by molar-refractivity contribution is 14.1. The third kappa shape index (κ3) is 3.58. The van der Waals surface area contributed by atoms with E-state index in [-0.39, 0.29) is 5.92 Å². The number of halogens is 1. The zero-order valence-electron chi connectivity index (χ0n) is 15.5. The monoisotopic (exact) mass is 484 g/mol. The van der Waals surface area contributed by atoms with Gasteiger partial charge in [0, 0.05) is 21.7 Å². The molecule has 0 aliphatic heterocycles. The van der Waals surface area contributed by atoms with Gasteiger partial charge in [-0.15, -0.1) is 0 Å². The maximum atomic E-state index is 12.3. The molecule has 0 saturated heterocycles. The van der Waals surface area contributed by atoms with Crippen molar-refractivity contribution in [2.24, 2.45) is 0 Å². The van der Waals surface area contributed by atoms with Crippen LogP contribution in [0, 0.1) is 10.5 Å². The van der Waals surface area contributed by atoms with Crippen molar-refractivity contribution in [3.8, 4) is 11.1 Å². The van der Waals surface area contributed by atoms with Crippen molar-refractivity contribution in [3.05, 3.63) is 86.5 Å². The van der Waals surface area contributed by atoms with E-state index in [4.69, 9.17) is 10.5 Å². The van der Waals surface area contributed by atoms with Gasteiger partial charge in [-0.2, -0.15) is 0 Å². The minimum Gasteiger partial charge on any atom is -0.449 e. The van der Waals surface area contributed by atoms with Gasteiger partial charge >= 0.3 is 6.09 Å². The van der Waals surface area contributed by atoms with Crippen molar-refractivity contribution in [2.45, 2.75) is 19.4 Å². The summed E-state index contributed by atoms with van der Waals surface area (Å²) in [5.74, 6) is 0.0632. The Kier molecular flexibility index (Phi) is 5.26. The quantitative estimate of drug-likeness (QED) is 0.394. The SMILES string of the molecule is Cc1c(N)cc(I)cc1CNC(=O)OCC1c2ccccc2-c2ccccc21. The second kappa shape index (κ2) is 7.83. The summed E-state index contributed by atoms with van der Waals surface area (Å²) in [7, 11) is 0. The fourth-order valence-corrected chi connectivity index (χ4v) is 4.47. The zero-order valence-corrected chi connectivity index (χ0v) is 17.7. The van der Waals surface area contributed by atoms with Crippen molar-refractivity contribution in [3.63, 3.8) is 0 Å². The Balaban J connectivity index is 1.43. The summed E-state index contributed by atoms with van der Waals surface area (Å²) >= 11 is 2.22. The number of alkyl carbamates (subject to hydrolysis) is 1. The van der Waals surface area contributed by atoms with Gasteiger partial charge in [-0.05, 0) is 75.0 Å². The molecule has 1 amide bonds.